The van der Waals surface area contributed by atoms with Crippen LogP contribution >= 0.6 is 0 Å². The lowest BCUT2D eigenvalue weighted by Gasteiger charge is -2.26. The van der Waals surface area contributed by atoms with Crippen LogP contribution < -0.4 is 9.92 Å². The molecular formula is C22H24OSi. The van der Waals surface area contributed by atoms with Gasteiger partial charge in [-0.05, 0) is 22.4 Å². The van der Waals surface area contributed by atoms with Gasteiger partial charge < -0.3 is 4.74 Å². The zero-order valence-electron chi connectivity index (χ0n) is 14.6. The molecule has 0 aliphatic rings. The van der Waals surface area contributed by atoms with E-state index in [1.807, 2.05) is 12.1 Å². The zero-order chi connectivity index (χ0) is 17.0. The van der Waals surface area contributed by atoms with Crippen LogP contribution in [0.25, 0.3) is 0 Å². The molecule has 2 heteroatoms. The average molecular weight is 333 g/mol. The predicted octanol–water partition coefficient (Wildman–Crippen LogP) is 5.40. The Bertz CT molecular complexity index is 736. The van der Waals surface area contributed by atoms with Crippen LogP contribution in [0.1, 0.15) is 17.2 Å². The van der Waals surface area contributed by atoms with E-state index in [1.165, 1.54) is 16.3 Å². The molecule has 0 radical (unpaired) electrons. The van der Waals surface area contributed by atoms with Gasteiger partial charge in [0.2, 0.25) is 0 Å². The van der Waals surface area contributed by atoms with Crippen LogP contribution in [0.15, 0.2) is 84.9 Å². The molecule has 0 bridgehead atoms. The van der Waals surface area contributed by atoms with E-state index < -0.39 is 8.07 Å². The molecule has 1 nitrogen and oxygen atoms in total. The van der Waals surface area contributed by atoms with Crippen molar-refractivity contribution < 1.29 is 4.74 Å². The molecular weight excluding hydrogens is 308 g/mol. The van der Waals surface area contributed by atoms with Crippen LogP contribution in [-0.4, -0.2) is 8.07 Å². The second-order valence-corrected chi connectivity index (χ2v) is 12.1. The maximum Gasteiger partial charge on any atom is 0.149 e. The van der Waals surface area contributed by atoms with Crippen molar-refractivity contribution in [3.8, 4) is 5.75 Å². The van der Waals surface area contributed by atoms with Gasteiger partial charge in [0.1, 0.15) is 11.9 Å². The lowest BCUT2D eigenvalue weighted by molar-refractivity contribution is 0.249. The minimum absolute atomic E-state index is 0.0927. The summed E-state index contributed by atoms with van der Waals surface area (Å²) in [7, 11) is -1.47. The maximum absolute atomic E-state index is 6.58. The van der Waals surface area contributed by atoms with Gasteiger partial charge in [-0.15, -0.1) is 0 Å². The highest BCUT2D eigenvalue weighted by Gasteiger charge is 2.23. The monoisotopic (exact) mass is 332 g/mol. The van der Waals surface area contributed by atoms with Crippen molar-refractivity contribution in [3.63, 3.8) is 0 Å². The van der Waals surface area contributed by atoms with Crippen molar-refractivity contribution in [2.45, 2.75) is 25.7 Å². The first-order valence-corrected chi connectivity index (χ1v) is 11.9. The van der Waals surface area contributed by atoms with Crippen molar-refractivity contribution in [1.82, 2.24) is 0 Å². The Morgan fingerprint density at radius 1 is 0.625 bits per heavy atom. The summed E-state index contributed by atoms with van der Waals surface area (Å²) < 4.78 is 6.58. The molecule has 0 aliphatic heterocycles. The lowest BCUT2D eigenvalue weighted by atomic mass is 10.0. The Hall–Kier alpha value is -2.32. The number of hydrogen-bond donors (Lipinski definition) is 0. The number of ether oxygens (including phenoxy) is 1. The molecule has 0 amide bonds. The third-order valence-corrected chi connectivity index (χ3v) is 6.17. The summed E-state index contributed by atoms with van der Waals surface area (Å²) in [6.07, 6.45) is -0.0927. The summed E-state index contributed by atoms with van der Waals surface area (Å²) in [5.74, 6) is 1.01. The minimum atomic E-state index is -1.47. The highest BCUT2D eigenvalue weighted by molar-refractivity contribution is 6.89. The largest absolute Gasteiger partial charge is 0.481 e. The van der Waals surface area contributed by atoms with E-state index in [0.29, 0.717) is 0 Å². The highest BCUT2D eigenvalue weighted by atomic mass is 28.3. The van der Waals surface area contributed by atoms with Gasteiger partial charge in [0.25, 0.3) is 0 Å². The van der Waals surface area contributed by atoms with Crippen molar-refractivity contribution >= 4 is 13.3 Å². The Balaban J connectivity index is 2.03. The maximum atomic E-state index is 6.58. The molecule has 0 aromatic heterocycles. The van der Waals surface area contributed by atoms with Crippen LogP contribution in [0.3, 0.4) is 0 Å². The topological polar surface area (TPSA) is 9.23 Å². The molecule has 0 heterocycles. The van der Waals surface area contributed by atoms with Gasteiger partial charge in [0, 0.05) is 0 Å². The van der Waals surface area contributed by atoms with Crippen LogP contribution in [0.4, 0.5) is 0 Å². The van der Waals surface area contributed by atoms with E-state index in [-0.39, 0.29) is 6.10 Å². The molecule has 0 unspecified atom stereocenters. The molecule has 3 aromatic carbocycles. The quantitative estimate of drug-likeness (QED) is 0.568. The molecule has 122 valence electrons. The van der Waals surface area contributed by atoms with E-state index in [9.17, 15) is 0 Å². The molecule has 0 fully saturated rings. The van der Waals surface area contributed by atoms with Gasteiger partial charge in [-0.3, -0.25) is 0 Å². The molecule has 3 aromatic rings. The molecule has 0 N–H and O–H groups in total. The first kappa shape index (κ1) is 16.5. The van der Waals surface area contributed by atoms with Crippen LogP contribution in [0, 0.1) is 0 Å². The van der Waals surface area contributed by atoms with Gasteiger partial charge >= 0.3 is 0 Å². The predicted molar refractivity (Wildman–Crippen MR) is 105 cm³/mol. The van der Waals surface area contributed by atoms with Crippen molar-refractivity contribution in [3.05, 3.63) is 96.1 Å². The third kappa shape index (κ3) is 3.77. The molecule has 0 saturated heterocycles. The fourth-order valence-electron chi connectivity index (χ4n) is 2.90. The Morgan fingerprint density at radius 3 is 1.58 bits per heavy atom. The Morgan fingerprint density at radius 2 is 1.08 bits per heavy atom. The van der Waals surface area contributed by atoms with Crippen molar-refractivity contribution in [2.75, 3.05) is 0 Å². The number of para-hydroxylation sites is 1. The second kappa shape index (κ2) is 7.06. The normalized spacial score (nSPS) is 11.5. The summed E-state index contributed by atoms with van der Waals surface area (Å²) in [5.41, 5.74) is 2.35. The van der Waals surface area contributed by atoms with Gasteiger partial charge in [0.15, 0.2) is 0 Å². The van der Waals surface area contributed by atoms with E-state index >= 15 is 0 Å². The highest BCUT2D eigenvalue weighted by Crippen LogP contribution is 2.28. The third-order valence-electron chi connectivity index (χ3n) is 4.14. The zero-order valence-corrected chi connectivity index (χ0v) is 15.6. The van der Waals surface area contributed by atoms with E-state index in [2.05, 4.69) is 92.4 Å². The second-order valence-electron chi connectivity index (χ2n) is 7.07. The SMILES string of the molecule is C[Si](C)(C)c1ccccc1OC(c1ccccc1)c1ccccc1. The van der Waals surface area contributed by atoms with E-state index in [1.54, 1.807) is 0 Å². The van der Waals surface area contributed by atoms with Crippen molar-refractivity contribution in [2.24, 2.45) is 0 Å². The molecule has 0 saturated carbocycles. The average Bonchev–Trinajstić information content (AvgIpc) is 2.61. The number of hydrogen-bond acceptors (Lipinski definition) is 1. The number of rotatable bonds is 5. The van der Waals surface area contributed by atoms with Crippen LogP contribution in [-0.2, 0) is 0 Å². The van der Waals surface area contributed by atoms with Crippen molar-refractivity contribution in [1.29, 1.82) is 0 Å². The molecule has 0 atom stereocenters. The summed E-state index contributed by atoms with van der Waals surface area (Å²) in [6, 6.07) is 29.4. The Labute approximate surface area is 145 Å². The number of benzene rings is 3. The summed E-state index contributed by atoms with van der Waals surface area (Å²) in [5, 5.41) is 1.36. The summed E-state index contributed by atoms with van der Waals surface area (Å²) in [6.45, 7) is 7.07. The lowest BCUT2D eigenvalue weighted by Crippen LogP contribution is -2.38. The first-order valence-electron chi connectivity index (χ1n) is 8.42. The molecule has 0 spiro atoms. The van der Waals surface area contributed by atoms with E-state index in [0.717, 1.165) is 5.75 Å². The summed E-state index contributed by atoms with van der Waals surface area (Å²) in [4.78, 5) is 0. The van der Waals surface area contributed by atoms with Gasteiger partial charge in [-0.25, -0.2) is 0 Å². The smallest absolute Gasteiger partial charge is 0.149 e. The minimum Gasteiger partial charge on any atom is -0.481 e. The van der Waals surface area contributed by atoms with Gasteiger partial charge in [-0.1, -0.05) is 98.5 Å². The molecule has 24 heavy (non-hydrogen) atoms. The standard InChI is InChI=1S/C22H24OSi/c1-24(2,3)21-17-11-10-16-20(21)23-22(18-12-6-4-7-13-18)19-14-8-5-9-15-19/h4-17,22H,1-3H3. The van der Waals surface area contributed by atoms with Crippen LogP contribution in [0.2, 0.25) is 19.6 Å². The molecule has 0 aliphatic carbocycles. The van der Waals surface area contributed by atoms with Gasteiger partial charge in [-0.2, -0.15) is 0 Å². The van der Waals surface area contributed by atoms with Crippen LogP contribution in [0.5, 0.6) is 5.75 Å². The molecule has 3 rings (SSSR count). The van der Waals surface area contributed by atoms with E-state index in [4.69, 9.17) is 4.74 Å². The fraction of sp³-hybridized carbons (Fsp3) is 0.182. The fourth-order valence-corrected chi connectivity index (χ4v) is 4.38. The van der Waals surface area contributed by atoms with Gasteiger partial charge in [0.05, 0.1) is 8.07 Å². The first-order chi connectivity index (χ1) is 11.6. The Kier molecular flexibility index (Phi) is 4.86. The summed E-state index contributed by atoms with van der Waals surface area (Å²) >= 11 is 0.